The van der Waals surface area contributed by atoms with Gasteiger partial charge in [-0.2, -0.15) is 0 Å². The van der Waals surface area contributed by atoms with Gasteiger partial charge in [0.15, 0.2) is 0 Å². The molecule has 0 saturated carbocycles. The Morgan fingerprint density at radius 3 is 2.44 bits per heavy atom. The minimum atomic E-state index is -0.985. The van der Waals surface area contributed by atoms with Gasteiger partial charge in [-0.3, -0.25) is 9.59 Å². The SMILES string of the molecule is COc1ccc(NC(=O)C[C@H]2C(=O)N(c3ccc(Cl)cc3)C(=O)N2Cc2ccco2)cc1. The molecule has 164 valence electrons. The molecule has 2 heterocycles. The van der Waals surface area contributed by atoms with Gasteiger partial charge < -0.3 is 19.4 Å². The summed E-state index contributed by atoms with van der Waals surface area (Å²) >= 11 is 5.94. The minimum Gasteiger partial charge on any atom is -0.497 e. The zero-order valence-corrected chi connectivity index (χ0v) is 17.9. The van der Waals surface area contributed by atoms with E-state index in [2.05, 4.69) is 5.32 Å². The Morgan fingerprint density at radius 1 is 1.09 bits per heavy atom. The van der Waals surface area contributed by atoms with Crippen molar-refractivity contribution in [3.8, 4) is 5.75 Å². The van der Waals surface area contributed by atoms with Crippen LogP contribution in [0.5, 0.6) is 5.75 Å². The summed E-state index contributed by atoms with van der Waals surface area (Å²) in [4.78, 5) is 41.5. The van der Waals surface area contributed by atoms with E-state index in [0.29, 0.717) is 27.9 Å². The van der Waals surface area contributed by atoms with Crippen molar-refractivity contribution in [1.82, 2.24) is 4.90 Å². The molecule has 1 atom stereocenters. The average molecular weight is 454 g/mol. The molecule has 1 N–H and O–H groups in total. The van der Waals surface area contributed by atoms with Gasteiger partial charge in [0.25, 0.3) is 5.91 Å². The lowest BCUT2D eigenvalue weighted by molar-refractivity contribution is -0.124. The first-order valence-corrected chi connectivity index (χ1v) is 10.2. The average Bonchev–Trinajstić information content (AvgIpc) is 3.38. The Morgan fingerprint density at radius 2 is 1.81 bits per heavy atom. The van der Waals surface area contributed by atoms with E-state index >= 15 is 0 Å². The number of hydrogen-bond donors (Lipinski definition) is 1. The Bertz CT molecular complexity index is 1110. The maximum absolute atomic E-state index is 13.2. The fourth-order valence-corrected chi connectivity index (χ4v) is 3.60. The standard InChI is InChI=1S/C23H20ClN3O5/c1-31-18-10-6-16(7-11-18)25-21(28)13-20-22(29)27(17-8-4-15(24)5-9-17)23(30)26(20)14-19-3-2-12-32-19/h2-12,20H,13-14H2,1H3,(H,25,28)/t20-/m0/s1. The number of urea groups is 1. The van der Waals surface area contributed by atoms with Crippen LogP contribution in [0.4, 0.5) is 16.2 Å². The van der Waals surface area contributed by atoms with Crippen LogP contribution in [0.15, 0.2) is 71.3 Å². The van der Waals surface area contributed by atoms with Gasteiger partial charge in [0.2, 0.25) is 5.91 Å². The van der Waals surface area contributed by atoms with E-state index in [4.69, 9.17) is 20.8 Å². The van der Waals surface area contributed by atoms with E-state index in [-0.39, 0.29) is 13.0 Å². The lowest BCUT2D eigenvalue weighted by atomic mass is 10.1. The Hall–Kier alpha value is -3.78. The Kier molecular flexibility index (Phi) is 6.13. The van der Waals surface area contributed by atoms with Crippen LogP contribution in [0.25, 0.3) is 0 Å². The molecule has 1 saturated heterocycles. The van der Waals surface area contributed by atoms with Crippen molar-refractivity contribution >= 4 is 40.8 Å². The van der Waals surface area contributed by atoms with Crippen LogP contribution in [0, 0.1) is 0 Å². The largest absolute Gasteiger partial charge is 0.497 e. The number of anilines is 2. The zero-order valence-electron chi connectivity index (χ0n) is 17.2. The number of nitrogens with zero attached hydrogens (tertiary/aromatic N) is 2. The third-order valence-corrected chi connectivity index (χ3v) is 5.31. The molecular weight excluding hydrogens is 434 g/mol. The number of carbonyl (C=O) groups is 3. The molecule has 4 amide bonds. The number of furan rings is 1. The van der Waals surface area contributed by atoms with E-state index < -0.39 is 23.9 Å². The van der Waals surface area contributed by atoms with Crippen molar-refractivity contribution in [1.29, 1.82) is 0 Å². The normalized spacial score (nSPS) is 15.9. The number of carbonyl (C=O) groups excluding carboxylic acids is 3. The third-order valence-electron chi connectivity index (χ3n) is 5.06. The predicted molar refractivity (Wildman–Crippen MR) is 119 cm³/mol. The third kappa shape index (κ3) is 4.45. The first-order chi connectivity index (χ1) is 15.5. The van der Waals surface area contributed by atoms with Crippen LogP contribution in [-0.4, -0.2) is 35.9 Å². The first-order valence-electron chi connectivity index (χ1n) is 9.82. The van der Waals surface area contributed by atoms with E-state index in [9.17, 15) is 14.4 Å². The smallest absolute Gasteiger partial charge is 0.332 e. The maximum atomic E-state index is 13.2. The Balaban J connectivity index is 1.56. The molecule has 1 fully saturated rings. The van der Waals surface area contributed by atoms with Crippen LogP contribution in [0.3, 0.4) is 0 Å². The van der Waals surface area contributed by atoms with E-state index in [1.54, 1.807) is 67.8 Å². The van der Waals surface area contributed by atoms with Gasteiger partial charge in [0.05, 0.1) is 32.0 Å². The van der Waals surface area contributed by atoms with Crippen LogP contribution in [0.2, 0.25) is 5.02 Å². The summed E-state index contributed by atoms with van der Waals surface area (Å²) in [5.74, 6) is 0.268. The van der Waals surface area contributed by atoms with Gasteiger partial charge in [-0.05, 0) is 60.7 Å². The monoisotopic (exact) mass is 453 g/mol. The number of ether oxygens (including phenoxy) is 1. The fraction of sp³-hybridized carbons (Fsp3) is 0.174. The summed E-state index contributed by atoms with van der Waals surface area (Å²) in [7, 11) is 1.55. The van der Waals surface area contributed by atoms with Crippen LogP contribution >= 0.6 is 11.6 Å². The number of rotatable bonds is 7. The number of methoxy groups -OCH3 is 1. The van der Waals surface area contributed by atoms with Crippen molar-refractivity contribution in [2.24, 2.45) is 0 Å². The summed E-state index contributed by atoms with van der Waals surface area (Å²) in [6, 6.07) is 15.1. The van der Waals surface area contributed by atoms with Crippen molar-refractivity contribution in [3.63, 3.8) is 0 Å². The molecule has 3 aromatic rings. The summed E-state index contributed by atoms with van der Waals surface area (Å²) in [6.07, 6.45) is 1.28. The van der Waals surface area contributed by atoms with E-state index in [1.807, 2.05) is 0 Å². The molecule has 1 aromatic heterocycles. The molecular formula is C23H20ClN3O5. The van der Waals surface area contributed by atoms with E-state index in [0.717, 1.165) is 4.90 Å². The van der Waals surface area contributed by atoms with Crippen molar-refractivity contribution < 1.29 is 23.5 Å². The van der Waals surface area contributed by atoms with Gasteiger partial charge in [-0.15, -0.1) is 0 Å². The highest BCUT2D eigenvalue weighted by Crippen LogP contribution is 2.29. The topological polar surface area (TPSA) is 92.1 Å². The number of benzene rings is 2. The molecule has 32 heavy (non-hydrogen) atoms. The number of nitrogens with one attached hydrogen (secondary N) is 1. The lowest BCUT2D eigenvalue weighted by Gasteiger charge is -2.20. The highest BCUT2D eigenvalue weighted by molar-refractivity contribution is 6.30. The quantitative estimate of drug-likeness (QED) is 0.538. The summed E-state index contributed by atoms with van der Waals surface area (Å²) in [5, 5.41) is 3.24. The molecule has 1 aliphatic rings. The van der Waals surface area contributed by atoms with Gasteiger partial charge in [-0.1, -0.05) is 11.6 Å². The summed E-state index contributed by atoms with van der Waals surface area (Å²) in [6.45, 7) is 0.0577. The van der Waals surface area contributed by atoms with Gasteiger partial charge in [0.1, 0.15) is 17.6 Å². The van der Waals surface area contributed by atoms with Crippen LogP contribution in [-0.2, 0) is 16.1 Å². The van der Waals surface area contributed by atoms with Gasteiger partial charge in [0, 0.05) is 10.7 Å². The maximum Gasteiger partial charge on any atom is 0.332 e. The first kappa shape index (κ1) is 21.5. The van der Waals surface area contributed by atoms with E-state index in [1.165, 1.54) is 11.2 Å². The van der Waals surface area contributed by atoms with Crippen molar-refractivity contribution in [2.45, 2.75) is 19.0 Å². The molecule has 1 aliphatic heterocycles. The minimum absolute atomic E-state index is 0.0577. The molecule has 9 heteroatoms. The fourth-order valence-electron chi connectivity index (χ4n) is 3.47. The molecule has 0 spiro atoms. The number of halogens is 1. The Labute approximate surface area is 189 Å². The molecule has 2 aromatic carbocycles. The summed E-state index contributed by atoms with van der Waals surface area (Å²) < 4.78 is 10.5. The lowest BCUT2D eigenvalue weighted by Crippen LogP contribution is -2.37. The molecule has 0 unspecified atom stereocenters. The number of imide groups is 1. The summed E-state index contributed by atoms with van der Waals surface area (Å²) in [5.41, 5.74) is 0.937. The van der Waals surface area contributed by atoms with Crippen molar-refractivity contribution in [3.05, 3.63) is 77.7 Å². The second-order valence-electron chi connectivity index (χ2n) is 7.14. The molecule has 8 nitrogen and oxygen atoms in total. The highest BCUT2D eigenvalue weighted by Gasteiger charge is 2.47. The van der Waals surface area contributed by atoms with Gasteiger partial charge in [-0.25, -0.2) is 9.69 Å². The number of hydrogen-bond acceptors (Lipinski definition) is 5. The number of amides is 4. The highest BCUT2D eigenvalue weighted by atomic mass is 35.5. The molecule has 0 radical (unpaired) electrons. The molecule has 0 bridgehead atoms. The second kappa shape index (κ2) is 9.15. The van der Waals surface area contributed by atoms with Crippen LogP contribution in [0.1, 0.15) is 12.2 Å². The molecule has 4 rings (SSSR count). The van der Waals surface area contributed by atoms with Crippen LogP contribution < -0.4 is 15.0 Å². The molecule has 0 aliphatic carbocycles. The predicted octanol–water partition coefficient (Wildman–Crippen LogP) is 4.31. The van der Waals surface area contributed by atoms with Crippen molar-refractivity contribution in [2.75, 3.05) is 17.3 Å². The second-order valence-corrected chi connectivity index (χ2v) is 7.57. The zero-order chi connectivity index (χ0) is 22.7. The van der Waals surface area contributed by atoms with Gasteiger partial charge >= 0.3 is 6.03 Å².